The minimum Gasteiger partial charge on any atom is -0.481 e. The van der Waals surface area contributed by atoms with Crippen molar-refractivity contribution in [1.82, 2.24) is 10.6 Å². The van der Waals surface area contributed by atoms with Crippen LogP contribution in [0, 0.1) is 17.8 Å². The van der Waals surface area contributed by atoms with Crippen LogP contribution in [0.3, 0.4) is 0 Å². The molecule has 19 heavy (non-hydrogen) atoms. The molecule has 0 aromatic rings. The lowest BCUT2D eigenvalue weighted by atomic mass is 9.96. The zero-order valence-corrected chi connectivity index (χ0v) is 12.5. The van der Waals surface area contributed by atoms with Crippen molar-refractivity contribution in [2.45, 2.75) is 47.0 Å². The van der Waals surface area contributed by atoms with Gasteiger partial charge in [-0.3, -0.25) is 4.79 Å². The van der Waals surface area contributed by atoms with E-state index in [2.05, 4.69) is 24.5 Å². The number of carboxylic acid groups (broad SMARTS) is 1. The topological polar surface area (TPSA) is 78.4 Å². The molecule has 0 heterocycles. The van der Waals surface area contributed by atoms with E-state index >= 15 is 0 Å². The fraction of sp³-hybridized carbons (Fsp3) is 0.857. The Morgan fingerprint density at radius 2 is 1.68 bits per heavy atom. The van der Waals surface area contributed by atoms with Gasteiger partial charge in [0.05, 0.1) is 5.92 Å². The molecule has 0 spiro atoms. The number of carboxylic acids is 1. The lowest BCUT2D eigenvalue weighted by Crippen LogP contribution is -2.41. The van der Waals surface area contributed by atoms with Crippen LogP contribution in [0.15, 0.2) is 0 Å². The summed E-state index contributed by atoms with van der Waals surface area (Å²) in [5, 5.41) is 14.3. The first kappa shape index (κ1) is 17.7. The standard InChI is InChI=1S/C14H28N2O3/c1-10(2)7-5-6-8-15-14(19)16-9-12(11(3)4)13(17)18/h10-12H,5-9H2,1-4H3,(H,17,18)(H2,15,16,19). The first-order valence-electron chi connectivity index (χ1n) is 7.09. The molecule has 0 aliphatic carbocycles. The second-order valence-electron chi connectivity index (χ2n) is 5.72. The van der Waals surface area contributed by atoms with Gasteiger partial charge >= 0.3 is 12.0 Å². The maximum Gasteiger partial charge on any atom is 0.314 e. The number of aliphatic carboxylic acids is 1. The maximum absolute atomic E-state index is 11.5. The Morgan fingerprint density at radius 3 is 2.16 bits per heavy atom. The number of amides is 2. The molecule has 112 valence electrons. The van der Waals surface area contributed by atoms with Crippen LogP contribution in [0.2, 0.25) is 0 Å². The molecule has 0 saturated heterocycles. The zero-order valence-electron chi connectivity index (χ0n) is 12.5. The lowest BCUT2D eigenvalue weighted by Gasteiger charge is -2.17. The Labute approximate surface area is 116 Å². The van der Waals surface area contributed by atoms with Gasteiger partial charge in [0.15, 0.2) is 0 Å². The largest absolute Gasteiger partial charge is 0.481 e. The van der Waals surface area contributed by atoms with Crippen LogP contribution < -0.4 is 10.6 Å². The fourth-order valence-electron chi connectivity index (χ4n) is 1.75. The van der Waals surface area contributed by atoms with E-state index in [1.165, 1.54) is 0 Å². The monoisotopic (exact) mass is 272 g/mol. The van der Waals surface area contributed by atoms with Crippen molar-refractivity contribution in [2.75, 3.05) is 13.1 Å². The summed E-state index contributed by atoms with van der Waals surface area (Å²) < 4.78 is 0. The Kier molecular flexibility index (Phi) is 9.00. The number of nitrogens with one attached hydrogen (secondary N) is 2. The minimum atomic E-state index is -0.868. The predicted octanol–water partition coefficient (Wildman–Crippen LogP) is 2.47. The SMILES string of the molecule is CC(C)CCCCNC(=O)NCC(C(=O)O)C(C)C. The second kappa shape index (κ2) is 9.64. The minimum absolute atomic E-state index is 0.00356. The highest BCUT2D eigenvalue weighted by molar-refractivity contribution is 5.75. The van der Waals surface area contributed by atoms with Crippen molar-refractivity contribution >= 4 is 12.0 Å². The Bertz CT molecular complexity index is 278. The molecule has 0 aliphatic heterocycles. The fourth-order valence-corrected chi connectivity index (χ4v) is 1.75. The van der Waals surface area contributed by atoms with Crippen LogP contribution in [-0.4, -0.2) is 30.2 Å². The number of hydrogen-bond acceptors (Lipinski definition) is 2. The number of hydrogen-bond donors (Lipinski definition) is 3. The van der Waals surface area contributed by atoms with E-state index in [1.807, 2.05) is 13.8 Å². The second-order valence-corrected chi connectivity index (χ2v) is 5.72. The molecule has 0 aromatic heterocycles. The van der Waals surface area contributed by atoms with E-state index in [4.69, 9.17) is 5.11 Å². The number of carbonyl (C=O) groups excluding carboxylic acids is 1. The molecule has 3 N–H and O–H groups in total. The summed E-state index contributed by atoms with van der Waals surface area (Å²) in [5.74, 6) is -0.709. The highest BCUT2D eigenvalue weighted by Crippen LogP contribution is 2.09. The van der Waals surface area contributed by atoms with Crippen molar-refractivity contribution in [3.63, 3.8) is 0 Å². The smallest absolute Gasteiger partial charge is 0.314 e. The van der Waals surface area contributed by atoms with Gasteiger partial charge in [0.1, 0.15) is 0 Å². The molecule has 1 unspecified atom stereocenters. The molecule has 1 atom stereocenters. The summed E-state index contributed by atoms with van der Waals surface area (Å²) >= 11 is 0. The molecule has 0 fully saturated rings. The molecule has 5 heteroatoms. The normalized spacial score (nSPS) is 12.5. The van der Waals surface area contributed by atoms with Gasteiger partial charge in [0.2, 0.25) is 0 Å². The van der Waals surface area contributed by atoms with Gasteiger partial charge in [0.25, 0.3) is 0 Å². The van der Waals surface area contributed by atoms with E-state index in [0.717, 1.165) is 19.3 Å². The molecule has 0 aliphatic rings. The third-order valence-electron chi connectivity index (χ3n) is 3.10. The third kappa shape index (κ3) is 9.33. The molecule has 2 amide bonds. The van der Waals surface area contributed by atoms with Crippen molar-refractivity contribution < 1.29 is 14.7 Å². The molecular formula is C14H28N2O3. The van der Waals surface area contributed by atoms with Crippen molar-refractivity contribution in [3.05, 3.63) is 0 Å². The van der Waals surface area contributed by atoms with Gasteiger partial charge < -0.3 is 15.7 Å². The summed E-state index contributed by atoms with van der Waals surface area (Å²) in [6.07, 6.45) is 3.22. The summed E-state index contributed by atoms with van der Waals surface area (Å²) in [5.41, 5.74) is 0. The molecule has 0 saturated carbocycles. The summed E-state index contributed by atoms with van der Waals surface area (Å²) in [6.45, 7) is 8.84. The average Bonchev–Trinajstić information content (AvgIpc) is 2.27. The first-order chi connectivity index (χ1) is 8.84. The van der Waals surface area contributed by atoms with Gasteiger partial charge in [-0.15, -0.1) is 0 Å². The summed E-state index contributed by atoms with van der Waals surface area (Å²) in [4.78, 5) is 22.4. The predicted molar refractivity (Wildman–Crippen MR) is 76.1 cm³/mol. The number of urea groups is 1. The van der Waals surface area contributed by atoms with Gasteiger partial charge in [-0.05, 0) is 18.3 Å². The molecule has 0 aromatic carbocycles. The van der Waals surface area contributed by atoms with E-state index in [0.29, 0.717) is 12.5 Å². The molecule has 0 rings (SSSR count). The van der Waals surface area contributed by atoms with Gasteiger partial charge in [-0.1, -0.05) is 40.5 Å². The van der Waals surface area contributed by atoms with Gasteiger partial charge in [-0.25, -0.2) is 4.79 Å². The van der Waals surface area contributed by atoms with Crippen LogP contribution in [0.25, 0.3) is 0 Å². The molecular weight excluding hydrogens is 244 g/mol. The van der Waals surface area contributed by atoms with E-state index in [1.54, 1.807) is 0 Å². The van der Waals surface area contributed by atoms with Gasteiger partial charge in [-0.2, -0.15) is 0 Å². The lowest BCUT2D eigenvalue weighted by molar-refractivity contribution is -0.142. The first-order valence-corrected chi connectivity index (χ1v) is 7.09. The van der Waals surface area contributed by atoms with Crippen LogP contribution in [-0.2, 0) is 4.79 Å². The summed E-state index contributed by atoms with van der Waals surface area (Å²) in [6, 6.07) is -0.281. The van der Waals surface area contributed by atoms with Crippen molar-refractivity contribution in [2.24, 2.45) is 17.8 Å². The number of carbonyl (C=O) groups is 2. The number of unbranched alkanes of at least 4 members (excludes halogenated alkanes) is 1. The zero-order chi connectivity index (χ0) is 14.8. The highest BCUT2D eigenvalue weighted by Gasteiger charge is 2.21. The molecule has 5 nitrogen and oxygen atoms in total. The van der Waals surface area contributed by atoms with Crippen molar-refractivity contribution in [3.8, 4) is 0 Å². The highest BCUT2D eigenvalue weighted by atomic mass is 16.4. The Morgan fingerprint density at radius 1 is 1.05 bits per heavy atom. The van der Waals surface area contributed by atoms with E-state index < -0.39 is 11.9 Å². The number of rotatable bonds is 9. The Balaban J connectivity index is 3.71. The maximum atomic E-state index is 11.5. The van der Waals surface area contributed by atoms with Crippen LogP contribution in [0.1, 0.15) is 47.0 Å². The summed E-state index contributed by atoms with van der Waals surface area (Å²) in [7, 11) is 0. The van der Waals surface area contributed by atoms with Crippen LogP contribution in [0.4, 0.5) is 4.79 Å². The van der Waals surface area contributed by atoms with E-state index in [9.17, 15) is 9.59 Å². The van der Waals surface area contributed by atoms with Gasteiger partial charge in [0, 0.05) is 13.1 Å². The molecule has 0 radical (unpaired) electrons. The average molecular weight is 272 g/mol. The Hall–Kier alpha value is -1.26. The third-order valence-corrected chi connectivity index (χ3v) is 3.10. The van der Waals surface area contributed by atoms with Crippen LogP contribution >= 0.6 is 0 Å². The molecule has 0 bridgehead atoms. The van der Waals surface area contributed by atoms with E-state index in [-0.39, 0.29) is 18.5 Å². The quantitative estimate of drug-likeness (QED) is 0.564. The van der Waals surface area contributed by atoms with Crippen LogP contribution in [0.5, 0.6) is 0 Å². The van der Waals surface area contributed by atoms with Crippen molar-refractivity contribution in [1.29, 1.82) is 0 Å².